The SMILES string of the molecule is C=C=C(N1C[C@@H](C)O[C@@H](C)C1)C(C)(CCC)CCCCCC(=O)OC(C)(C)C. The molecule has 0 amide bonds. The van der Waals surface area contributed by atoms with Gasteiger partial charge < -0.3 is 14.4 Å². The summed E-state index contributed by atoms with van der Waals surface area (Å²) in [4.78, 5) is 14.3. The van der Waals surface area contributed by atoms with Gasteiger partial charge in [0.05, 0.1) is 17.9 Å². The van der Waals surface area contributed by atoms with Crippen LogP contribution in [-0.4, -0.2) is 41.8 Å². The van der Waals surface area contributed by atoms with Crippen LogP contribution in [0.3, 0.4) is 0 Å². The first-order valence-corrected chi connectivity index (χ1v) is 11.0. The highest BCUT2D eigenvalue weighted by Gasteiger charge is 2.34. The fourth-order valence-corrected chi connectivity index (χ4v) is 4.33. The molecule has 1 aliphatic heterocycles. The molecule has 3 atom stereocenters. The first-order chi connectivity index (χ1) is 13.0. The van der Waals surface area contributed by atoms with Gasteiger partial charge in [-0.25, -0.2) is 0 Å². The van der Waals surface area contributed by atoms with E-state index in [0.29, 0.717) is 6.42 Å². The van der Waals surface area contributed by atoms with Crippen LogP contribution in [0.15, 0.2) is 18.0 Å². The molecule has 1 heterocycles. The van der Waals surface area contributed by atoms with Crippen molar-refractivity contribution < 1.29 is 14.3 Å². The Kier molecular flexibility index (Phi) is 9.80. The number of allylic oxidation sites excluding steroid dienone is 1. The normalized spacial score (nSPS) is 22.3. The van der Waals surface area contributed by atoms with Crippen molar-refractivity contribution in [2.45, 2.75) is 111 Å². The molecule has 1 aliphatic rings. The quantitative estimate of drug-likeness (QED) is 0.265. The number of rotatable bonds is 10. The highest BCUT2D eigenvalue weighted by atomic mass is 16.6. The molecule has 0 saturated carbocycles. The Morgan fingerprint density at radius 3 is 2.21 bits per heavy atom. The Morgan fingerprint density at radius 1 is 1.11 bits per heavy atom. The molecule has 0 bridgehead atoms. The smallest absolute Gasteiger partial charge is 0.306 e. The molecular weight excluding hydrogens is 350 g/mol. The molecule has 4 heteroatoms. The molecular formula is C24H43NO3. The number of ether oxygens (including phenoxy) is 2. The minimum absolute atomic E-state index is 0.0686. The standard InChI is InChI=1S/C24H43NO3/c1-9-15-24(8,16-13-11-12-14-22(26)28-23(5,6)7)21(10-2)25-17-19(3)27-20(4)18-25/h19-20H,2,9,11-18H2,1,3-8H3/t19-,20+,24?. The average molecular weight is 394 g/mol. The molecule has 0 N–H and O–H groups in total. The van der Waals surface area contributed by atoms with E-state index in [9.17, 15) is 4.79 Å². The molecule has 0 aliphatic carbocycles. The van der Waals surface area contributed by atoms with Gasteiger partial charge in [0.1, 0.15) is 5.60 Å². The molecule has 1 fully saturated rings. The zero-order valence-electron chi connectivity index (χ0n) is 19.4. The van der Waals surface area contributed by atoms with Crippen LogP contribution >= 0.6 is 0 Å². The van der Waals surface area contributed by atoms with Crippen LogP contribution in [0.25, 0.3) is 0 Å². The van der Waals surface area contributed by atoms with E-state index < -0.39 is 5.60 Å². The minimum atomic E-state index is -0.396. The van der Waals surface area contributed by atoms with Gasteiger partial charge in [0.25, 0.3) is 0 Å². The van der Waals surface area contributed by atoms with Crippen molar-refractivity contribution in [2.24, 2.45) is 5.41 Å². The van der Waals surface area contributed by atoms with E-state index >= 15 is 0 Å². The van der Waals surface area contributed by atoms with Gasteiger partial charge in [0.15, 0.2) is 0 Å². The summed E-state index contributed by atoms with van der Waals surface area (Å²) >= 11 is 0. The van der Waals surface area contributed by atoms with Gasteiger partial charge in [0, 0.05) is 24.9 Å². The lowest BCUT2D eigenvalue weighted by molar-refractivity contribution is -0.154. The van der Waals surface area contributed by atoms with E-state index in [-0.39, 0.29) is 23.6 Å². The van der Waals surface area contributed by atoms with E-state index in [1.807, 2.05) is 20.8 Å². The first kappa shape index (κ1) is 24.8. The van der Waals surface area contributed by atoms with Gasteiger partial charge >= 0.3 is 5.97 Å². The van der Waals surface area contributed by atoms with Gasteiger partial charge in [-0.3, -0.25) is 4.79 Å². The Labute approximate surface area is 173 Å². The summed E-state index contributed by atoms with van der Waals surface area (Å²) in [5, 5.41) is 0. The van der Waals surface area contributed by atoms with E-state index in [4.69, 9.17) is 9.47 Å². The van der Waals surface area contributed by atoms with Crippen LogP contribution in [0.4, 0.5) is 0 Å². The van der Waals surface area contributed by atoms with Crippen molar-refractivity contribution in [3.05, 3.63) is 18.0 Å². The second-order valence-electron chi connectivity index (χ2n) is 9.65. The van der Waals surface area contributed by atoms with Gasteiger partial charge in [-0.05, 0) is 53.9 Å². The lowest BCUT2D eigenvalue weighted by Crippen LogP contribution is -2.47. The van der Waals surface area contributed by atoms with Crippen molar-refractivity contribution >= 4 is 5.97 Å². The number of esters is 1. The van der Waals surface area contributed by atoms with Crippen molar-refractivity contribution in [3.8, 4) is 0 Å². The van der Waals surface area contributed by atoms with Crippen LogP contribution in [0.1, 0.15) is 93.4 Å². The maximum atomic E-state index is 11.9. The number of carbonyl (C=O) groups excluding carboxylic acids is 1. The van der Waals surface area contributed by atoms with Crippen LogP contribution in [0, 0.1) is 5.41 Å². The molecule has 0 aromatic heterocycles. The van der Waals surface area contributed by atoms with E-state index in [1.165, 1.54) is 5.70 Å². The Morgan fingerprint density at radius 2 is 1.71 bits per heavy atom. The van der Waals surface area contributed by atoms with Crippen LogP contribution in [0.5, 0.6) is 0 Å². The van der Waals surface area contributed by atoms with E-state index in [0.717, 1.165) is 51.6 Å². The minimum Gasteiger partial charge on any atom is -0.460 e. The molecule has 4 nitrogen and oxygen atoms in total. The summed E-state index contributed by atoms with van der Waals surface area (Å²) < 4.78 is 11.3. The molecule has 1 rings (SSSR count). The van der Waals surface area contributed by atoms with Crippen LogP contribution < -0.4 is 0 Å². The topological polar surface area (TPSA) is 38.8 Å². The summed E-state index contributed by atoms with van der Waals surface area (Å²) in [5.41, 5.74) is 4.20. The summed E-state index contributed by atoms with van der Waals surface area (Å²) in [6.07, 6.45) is 7.33. The molecule has 0 spiro atoms. The third-order valence-corrected chi connectivity index (χ3v) is 5.31. The predicted octanol–water partition coefficient (Wildman–Crippen LogP) is 5.86. The zero-order valence-corrected chi connectivity index (χ0v) is 19.4. The Bertz CT molecular complexity index is 535. The predicted molar refractivity (Wildman–Crippen MR) is 116 cm³/mol. The molecule has 1 saturated heterocycles. The molecule has 28 heavy (non-hydrogen) atoms. The summed E-state index contributed by atoms with van der Waals surface area (Å²) in [5.74, 6) is -0.0909. The monoisotopic (exact) mass is 393 g/mol. The highest BCUT2D eigenvalue weighted by Crippen LogP contribution is 2.40. The lowest BCUT2D eigenvalue weighted by Gasteiger charge is -2.44. The second-order valence-corrected chi connectivity index (χ2v) is 9.65. The van der Waals surface area contributed by atoms with Gasteiger partial charge in [-0.15, -0.1) is 5.73 Å². The summed E-state index contributed by atoms with van der Waals surface area (Å²) in [6.45, 7) is 20.4. The number of nitrogens with zero attached hydrogens (tertiary/aromatic N) is 1. The summed E-state index contributed by atoms with van der Waals surface area (Å²) in [6, 6.07) is 0. The molecule has 162 valence electrons. The third kappa shape index (κ3) is 8.41. The number of hydrogen-bond acceptors (Lipinski definition) is 4. The first-order valence-electron chi connectivity index (χ1n) is 11.0. The molecule has 0 aromatic carbocycles. The number of unbranched alkanes of at least 4 members (excludes halogenated alkanes) is 2. The summed E-state index contributed by atoms with van der Waals surface area (Å²) in [7, 11) is 0. The largest absolute Gasteiger partial charge is 0.460 e. The maximum absolute atomic E-state index is 11.9. The second kappa shape index (κ2) is 11.1. The number of hydrogen-bond donors (Lipinski definition) is 0. The zero-order chi connectivity index (χ0) is 21.4. The molecule has 0 aromatic rings. The van der Waals surface area contributed by atoms with Crippen molar-refractivity contribution in [1.29, 1.82) is 0 Å². The van der Waals surface area contributed by atoms with Crippen molar-refractivity contribution in [1.82, 2.24) is 4.90 Å². The Balaban J connectivity index is 2.61. The van der Waals surface area contributed by atoms with Gasteiger partial charge in [0.2, 0.25) is 0 Å². The lowest BCUT2D eigenvalue weighted by atomic mass is 9.77. The average Bonchev–Trinajstić information content (AvgIpc) is 2.52. The number of carbonyl (C=O) groups is 1. The Hall–Kier alpha value is -1.25. The fourth-order valence-electron chi connectivity index (χ4n) is 4.33. The highest BCUT2D eigenvalue weighted by molar-refractivity contribution is 5.69. The van der Waals surface area contributed by atoms with Crippen molar-refractivity contribution in [2.75, 3.05) is 13.1 Å². The van der Waals surface area contributed by atoms with Crippen LogP contribution in [0.2, 0.25) is 0 Å². The van der Waals surface area contributed by atoms with Gasteiger partial charge in [-0.1, -0.05) is 39.7 Å². The van der Waals surface area contributed by atoms with Gasteiger partial charge in [-0.2, -0.15) is 0 Å². The van der Waals surface area contributed by atoms with Crippen LogP contribution in [-0.2, 0) is 14.3 Å². The van der Waals surface area contributed by atoms with E-state index in [1.54, 1.807) is 0 Å². The number of morpholine rings is 1. The van der Waals surface area contributed by atoms with Crippen molar-refractivity contribution in [3.63, 3.8) is 0 Å². The molecule has 1 unspecified atom stereocenters. The molecule has 0 radical (unpaired) electrons. The maximum Gasteiger partial charge on any atom is 0.306 e. The third-order valence-electron chi connectivity index (χ3n) is 5.31. The van der Waals surface area contributed by atoms with E-state index in [2.05, 4.69) is 44.9 Å². The fraction of sp³-hybridized carbons (Fsp3) is 0.833.